The van der Waals surface area contributed by atoms with Crippen LogP contribution >= 0.6 is 11.3 Å². The first kappa shape index (κ1) is 20.5. The van der Waals surface area contributed by atoms with Crippen molar-refractivity contribution in [2.75, 3.05) is 45.8 Å². The Bertz CT molecular complexity index is 996. The van der Waals surface area contributed by atoms with Gasteiger partial charge in [0, 0.05) is 61.9 Å². The fourth-order valence-corrected chi connectivity index (χ4v) is 5.13. The number of aromatic nitrogens is 2. The second-order valence-electron chi connectivity index (χ2n) is 7.65. The number of ether oxygens (including phenoxy) is 2. The van der Waals surface area contributed by atoms with Gasteiger partial charge in [0.1, 0.15) is 5.52 Å². The maximum atomic E-state index is 12.9. The van der Waals surface area contributed by atoms with Crippen molar-refractivity contribution < 1.29 is 14.3 Å². The standard InChI is InChI=1S/C20H26N6O3S/c1-22-9-13(8-21)14-10-23-17(28-2)15-16(14)30-18(24-15)25-19(27)26-6-5-20(11-26)4-3-7-29-12-20/h8-10H,3-7,11-12,21H2,1-2H3,(H,24,25,27)/b13-8+,22-9?/t20-/m1/s1. The summed E-state index contributed by atoms with van der Waals surface area (Å²) in [5.74, 6) is 0.398. The zero-order valence-corrected chi connectivity index (χ0v) is 18.0. The number of thiazole rings is 1. The van der Waals surface area contributed by atoms with Crippen LogP contribution in [-0.4, -0.2) is 67.6 Å². The van der Waals surface area contributed by atoms with Crippen LogP contribution in [0.1, 0.15) is 24.8 Å². The van der Waals surface area contributed by atoms with Gasteiger partial charge in [0.15, 0.2) is 5.13 Å². The van der Waals surface area contributed by atoms with Crippen molar-refractivity contribution in [3.63, 3.8) is 0 Å². The Hall–Kier alpha value is -2.72. The summed E-state index contributed by atoms with van der Waals surface area (Å²) in [5.41, 5.74) is 7.97. The first-order valence-corrected chi connectivity index (χ1v) is 10.7. The molecule has 4 heterocycles. The lowest BCUT2D eigenvalue weighted by molar-refractivity contribution is -0.000213. The average molecular weight is 431 g/mol. The third kappa shape index (κ3) is 3.84. The Morgan fingerprint density at radius 3 is 3.07 bits per heavy atom. The molecule has 2 aliphatic rings. The van der Waals surface area contributed by atoms with Gasteiger partial charge in [-0.2, -0.15) is 0 Å². The van der Waals surface area contributed by atoms with E-state index in [2.05, 4.69) is 20.3 Å². The van der Waals surface area contributed by atoms with E-state index in [9.17, 15) is 4.79 Å². The first-order chi connectivity index (χ1) is 14.6. The second kappa shape index (κ2) is 8.57. The molecule has 9 nitrogen and oxygen atoms in total. The van der Waals surface area contributed by atoms with Crippen LogP contribution in [0.3, 0.4) is 0 Å². The highest BCUT2D eigenvalue weighted by atomic mass is 32.1. The molecule has 10 heteroatoms. The Labute approximate surface area is 179 Å². The summed E-state index contributed by atoms with van der Waals surface area (Å²) in [4.78, 5) is 27.7. The number of nitrogens with zero attached hydrogens (tertiary/aromatic N) is 4. The molecular formula is C20H26N6O3S. The van der Waals surface area contributed by atoms with Crippen LogP contribution in [0.5, 0.6) is 5.88 Å². The van der Waals surface area contributed by atoms with Gasteiger partial charge in [-0.3, -0.25) is 10.3 Å². The van der Waals surface area contributed by atoms with Crippen LogP contribution in [0.4, 0.5) is 9.93 Å². The number of allylic oxidation sites excluding steroid dienone is 1. The van der Waals surface area contributed by atoms with E-state index in [4.69, 9.17) is 15.2 Å². The number of fused-ring (bicyclic) bond motifs is 1. The number of nitrogens with two attached hydrogens (primary N) is 1. The third-order valence-electron chi connectivity index (χ3n) is 5.68. The van der Waals surface area contributed by atoms with E-state index in [1.807, 2.05) is 4.90 Å². The number of pyridine rings is 1. The van der Waals surface area contributed by atoms with Crippen LogP contribution < -0.4 is 15.8 Å². The van der Waals surface area contributed by atoms with Crippen LogP contribution in [0.25, 0.3) is 15.8 Å². The van der Waals surface area contributed by atoms with Gasteiger partial charge >= 0.3 is 6.03 Å². The molecule has 1 atom stereocenters. The predicted molar refractivity (Wildman–Crippen MR) is 118 cm³/mol. The molecule has 2 fully saturated rings. The Morgan fingerprint density at radius 2 is 2.37 bits per heavy atom. The highest BCUT2D eigenvalue weighted by molar-refractivity contribution is 7.22. The second-order valence-corrected chi connectivity index (χ2v) is 8.64. The lowest BCUT2D eigenvalue weighted by atomic mass is 9.82. The lowest BCUT2D eigenvalue weighted by Crippen LogP contribution is -2.38. The van der Waals surface area contributed by atoms with Crippen molar-refractivity contribution in [3.05, 3.63) is 18.0 Å². The third-order valence-corrected chi connectivity index (χ3v) is 6.68. The monoisotopic (exact) mass is 430 g/mol. The van der Waals surface area contributed by atoms with E-state index in [1.165, 1.54) is 17.5 Å². The molecule has 4 rings (SSSR count). The number of urea groups is 1. The molecule has 160 valence electrons. The molecule has 2 aliphatic heterocycles. The summed E-state index contributed by atoms with van der Waals surface area (Å²) in [5, 5.41) is 3.44. The van der Waals surface area contributed by atoms with Crippen molar-refractivity contribution in [3.8, 4) is 5.88 Å². The highest BCUT2D eigenvalue weighted by Crippen LogP contribution is 2.39. The zero-order chi connectivity index (χ0) is 21.1. The number of anilines is 1. The van der Waals surface area contributed by atoms with Crippen molar-refractivity contribution >= 4 is 44.5 Å². The quantitative estimate of drug-likeness (QED) is 0.721. The molecule has 2 aromatic rings. The molecule has 2 saturated heterocycles. The summed E-state index contributed by atoms with van der Waals surface area (Å²) in [6.07, 6.45) is 7.96. The molecule has 2 aromatic heterocycles. The summed E-state index contributed by atoms with van der Waals surface area (Å²) in [6, 6.07) is -0.144. The molecule has 0 bridgehead atoms. The van der Waals surface area contributed by atoms with Crippen molar-refractivity contribution in [2.24, 2.45) is 16.1 Å². The topological polar surface area (TPSA) is 115 Å². The smallest absolute Gasteiger partial charge is 0.323 e. The van der Waals surface area contributed by atoms with Crippen molar-refractivity contribution in [1.82, 2.24) is 14.9 Å². The zero-order valence-electron chi connectivity index (χ0n) is 17.2. The van der Waals surface area contributed by atoms with Crippen molar-refractivity contribution in [2.45, 2.75) is 19.3 Å². The number of amides is 2. The van der Waals surface area contributed by atoms with E-state index < -0.39 is 0 Å². The minimum Gasteiger partial charge on any atom is -0.479 e. The van der Waals surface area contributed by atoms with E-state index in [-0.39, 0.29) is 11.4 Å². The minimum absolute atomic E-state index is 0.101. The fraction of sp³-hybridized carbons (Fsp3) is 0.500. The van der Waals surface area contributed by atoms with Gasteiger partial charge in [0.25, 0.3) is 0 Å². The summed E-state index contributed by atoms with van der Waals surface area (Å²) < 4.78 is 11.9. The van der Waals surface area contributed by atoms with Gasteiger partial charge in [-0.05, 0) is 19.3 Å². The van der Waals surface area contributed by atoms with Crippen molar-refractivity contribution in [1.29, 1.82) is 0 Å². The lowest BCUT2D eigenvalue weighted by Gasteiger charge is -2.32. The summed E-state index contributed by atoms with van der Waals surface area (Å²) >= 11 is 1.36. The Balaban J connectivity index is 1.58. The van der Waals surface area contributed by atoms with Crippen LogP contribution in [0, 0.1) is 5.41 Å². The fourth-order valence-electron chi connectivity index (χ4n) is 4.15. The Morgan fingerprint density at radius 1 is 1.50 bits per heavy atom. The Kier molecular flexibility index (Phi) is 5.87. The number of aliphatic imine (C=N–C) groups is 1. The normalized spacial score (nSPS) is 22.3. The molecule has 0 aliphatic carbocycles. The molecule has 0 unspecified atom stereocenters. The molecule has 0 radical (unpaired) electrons. The molecule has 0 saturated carbocycles. The average Bonchev–Trinajstić information content (AvgIpc) is 3.36. The van der Waals surface area contributed by atoms with E-state index in [1.54, 1.807) is 26.6 Å². The number of methoxy groups -OCH3 is 1. The number of carbonyl (C=O) groups is 1. The molecule has 30 heavy (non-hydrogen) atoms. The number of hydrogen-bond donors (Lipinski definition) is 2. The van der Waals surface area contributed by atoms with Gasteiger partial charge < -0.3 is 20.1 Å². The number of nitrogens with one attached hydrogen (secondary N) is 1. The van der Waals surface area contributed by atoms with Gasteiger partial charge in [-0.1, -0.05) is 11.3 Å². The van der Waals surface area contributed by atoms with E-state index in [0.29, 0.717) is 23.1 Å². The van der Waals surface area contributed by atoms with Gasteiger partial charge in [-0.25, -0.2) is 14.8 Å². The van der Waals surface area contributed by atoms with Crippen LogP contribution in [-0.2, 0) is 4.74 Å². The number of rotatable bonds is 4. The number of likely N-dealkylation sites (tertiary alicyclic amines) is 1. The molecular weight excluding hydrogens is 404 g/mol. The summed E-state index contributed by atoms with van der Waals surface area (Å²) in [7, 11) is 3.22. The van der Waals surface area contributed by atoms with Crippen LogP contribution in [0.15, 0.2) is 17.4 Å². The number of hydrogen-bond acceptors (Lipinski definition) is 8. The summed E-state index contributed by atoms with van der Waals surface area (Å²) in [6.45, 7) is 2.99. The maximum absolute atomic E-state index is 12.9. The molecule has 1 spiro atoms. The van der Waals surface area contributed by atoms with E-state index >= 15 is 0 Å². The van der Waals surface area contributed by atoms with Gasteiger partial charge in [0.05, 0.1) is 18.4 Å². The van der Waals surface area contributed by atoms with Gasteiger partial charge in [-0.15, -0.1) is 0 Å². The molecule has 3 N–H and O–H groups in total. The highest BCUT2D eigenvalue weighted by Gasteiger charge is 2.41. The van der Waals surface area contributed by atoms with E-state index in [0.717, 1.165) is 54.9 Å². The van der Waals surface area contributed by atoms with Crippen LogP contribution in [0.2, 0.25) is 0 Å². The largest absolute Gasteiger partial charge is 0.479 e. The first-order valence-electron chi connectivity index (χ1n) is 9.91. The molecule has 0 aromatic carbocycles. The minimum atomic E-state index is -0.144. The number of carbonyl (C=O) groups excluding carboxylic acids is 1. The molecule has 2 amide bonds. The van der Waals surface area contributed by atoms with Gasteiger partial charge in [0.2, 0.25) is 5.88 Å². The maximum Gasteiger partial charge on any atom is 0.323 e. The SMILES string of the molecule is CN=C/C(=C\N)c1cnc(OC)c2nc(NC(=O)N3CC[C@]4(CCCOC4)C3)sc12. The predicted octanol–water partition coefficient (Wildman–Crippen LogP) is 2.73.